The number of nitrogens with zero attached hydrogens (tertiary/aromatic N) is 4. The van der Waals surface area contributed by atoms with E-state index in [2.05, 4.69) is 15.2 Å². The van der Waals surface area contributed by atoms with Crippen LogP contribution in [-0.2, 0) is 42.4 Å². The minimum Gasteiger partial charge on any atom is -0.465 e. The second kappa shape index (κ2) is 12.7. The van der Waals surface area contributed by atoms with E-state index in [0.29, 0.717) is 11.9 Å². The van der Waals surface area contributed by atoms with Gasteiger partial charge >= 0.3 is 25.7 Å². The van der Waals surface area contributed by atoms with Crippen molar-refractivity contribution in [3.63, 3.8) is 0 Å². The maximum Gasteiger partial charge on any atom is 0.460 e. The molecule has 0 radical (unpaired) electrons. The summed E-state index contributed by atoms with van der Waals surface area (Å²) in [5.41, 5.74) is 2.38. The Morgan fingerprint density at radius 1 is 1.20 bits per heavy atom. The third-order valence-corrected chi connectivity index (χ3v) is 9.14. The molecule has 244 valence electrons. The summed E-state index contributed by atoms with van der Waals surface area (Å²) in [5.74, 6) is -2.17. The van der Waals surface area contributed by atoms with Crippen molar-refractivity contribution in [3.8, 4) is 11.8 Å². The summed E-state index contributed by atoms with van der Waals surface area (Å²) in [6, 6.07) is 11.9. The Bertz CT molecular complexity index is 1730. The fourth-order valence-corrected chi connectivity index (χ4v) is 7.18. The van der Waals surface area contributed by atoms with Crippen LogP contribution in [0.4, 0.5) is 5.82 Å². The number of hydrogen-bond donors (Lipinski definition) is 2. The number of rotatable bonds is 13. The van der Waals surface area contributed by atoms with Crippen molar-refractivity contribution in [2.24, 2.45) is 0 Å². The van der Waals surface area contributed by atoms with Gasteiger partial charge in [0.2, 0.25) is 11.2 Å². The summed E-state index contributed by atoms with van der Waals surface area (Å²) in [5, 5.41) is 17.3. The topological polar surface area (TPSA) is 216 Å². The number of nitrogen functional groups attached to an aromatic ring is 1. The summed E-state index contributed by atoms with van der Waals surface area (Å²) < 4.78 is 50.5. The van der Waals surface area contributed by atoms with Crippen molar-refractivity contribution in [2.75, 3.05) is 12.3 Å². The number of unbranched alkanes of at least 4 members (excludes halogenated alkanes) is 1. The number of nitriles is 1. The number of para-hydroxylation sites is 1. The van der Waals surface area contributed by atoms with Crippen LogP contribution in [0.25, 0.3) is 5.52 Å². The lowest BCUT2D eigenvalue weighted by Crippen LogP contribution is -2.43. The summed E-state index contributed by atoms with van der Waals surface area (Å²) in [7, 11) is -4.62. The number of carbonyl (C=O) groups is 3. The van der Waals surface area contributed by atoms with Gasteiger partial charge in [-0.05, 0) is 37.6 Å². The normalized spacial score (nSPS) is 26.6. The molecular formula is C29H33N6O10P. The molecule has 17 heteroatoms. The molecule has 16 nitrogen and oxygen atoms in total. The van der Waals surface area contributed by atoms with E-state index in [1.807, 2.05) is 13.0 Å². The molecule has 1 aliphatic heterocycles. The van der Waals surface area contributed by atoms with Gasteiger partial charge in [0, 0.05) is 13.8 Å². The van der Waals surface area contributed by atoms with E-state index in [4.69, 9.17) is 33.7 Å². The summed E-state index contributed by atoms with van der Waals surface area (Å²) >= 11 is 0. The van der Waals surface area contributed by atoms with Crippen LogP contribution in [0.1, 0.15) is 52.3 Å². The molecule has 1 saturated heterocycles. The average Bonchev–Trinajstić information content (AvgIpc) is 3.26. The van der Waals surface area contributed by atoms with E-state index >= 15 is 0 Å². The molecule has 1 saturated carbocycles. The van der Waals surface area contributed by atoms with Crippen LogP contribution < -0.4 is 15.3 Å². The molecule has 1 aromatic carbocycles. The van der Waals surface area contributed by atoms with Crippen LogP contribution >= 0.6 is 7.75 Å². The number of esters is 3. The average molecular weight is 657 g/mol. The molecule has 0 spiro atoms. The molecule has 3 heterocycles. The Morgan fingerprint density at radius 2 is 1.93 bits per heavy atom. The molecule has 1 aliphatic carbocycles. The first kappa shape index (κ1) is 32.8. The van der Waals surface area contributed by atoms with Crippen LogP contribution in [0.5, 0.6) is 5.75 Å². The number of ether oxygens (including phenoxy) is 4. The predicted octanol–water partition coefficient (Wildman–Crippen LogP) is 2.79. The van der Waals surface area contributed by atoms with Gasteiger partial charge in [0.25, 0.3) is 0 Å². The lowest BCUT2D eigenvalue weighted by atomic mass is 10.0. The van der Waals surface area contributed by atoms with Gasteiger partial charge in [0.15, 0.2) is 18.0 Å². The highest BCUT2D eigenvalue weighted by atomic mass is 31.2. The highest BCUT2D eigenvalue weighted by Crippen LogP contribution is 2.70. The minimum absolute atomic E-state index is 0.0931. The predicted molar refractivity (Wildman–Crippen MR) is 158 cm³/mol. The van der Waals surface area contributed by atoms with Crippen molar-refractivity contribution in [3.05, 3.63) is 54.5 Å². The van der Waals surface area contributed by atoms with E-state index in [-0.39, 0.29) is 23.9 Å². The second-order valence-electron chi connectivity index (χ2n) is 10.8. The van der Waals surface area contributed by atoms with Crippen LogP contribution in [0.2, 0.25) is 0 Å². The van der Waals surface area contributed by atoms with Crippen LogP contribution in [-0.4, -0.2) is 68.6 Å². The lowest BCUT2D eigenvalue weighted by molar-refractivity contribution is -0.174. The van der Waals surface area contributed by atoms with Gasteiger partial charge in [0.05, 0.1) is 12.3 Å². The number of anilines is 1. The Labute approximate surface area is 263 Å². The number of hydrogen-bond acceptors (Lipinski definition) is 14. The van der Waals surface area contributed by atoms with Crippen molar-refractivity contribution in [1.82, 2.24) is 19.7 Å². The smallest absolute Gasteiger partial charge is 0.460 e. The third-order valence-electron chi connectivity index (χ3n) is 7.50. The van der Waals surface area contributed by atoms with E-state index in [1.165, 1.54) is 29.9 Å². The Kier molecular flexibility index (Phi) is 9.05. The second-order valence-corrected chi connectivity index (χ2v) is 12.4. The lowest BCUT2D eigenvalue weighted by Gasteiger charge is -2.29. The molecule has 3 N–H and O–H groups in total. The van der Waals surface area contributed by atoms with Crippen molar-refractivity contribution in [1.29, 1.82) is 5.26 Å². The number of benzene rings is 1. The van der Waals surface area contributed by atoms with E-state index < -0.39 is 61.2 Å². The molecule has 2 fully saturated rings. The first-order chi connectivity index (χ1) is 21.9. The Morgan fingerprint density at radius 3 is 2.59 bits per heavy atom. The van der Waals surface area contributed by atoms with E-state index in [0.717, 1.165) is 20.3 Å². The fourth-order valence-electron chi connectivity index (χ4n) is 5.46. The van der Waals surface area contributed by atoms with Crippen molar-refractivity contribution in [2.45, 2.75) is 76.1 Å². The highest BCUT2D eigenvalue weighted by Gasteiger charge is 2.95. The number of fused-ring (bicyclic) bond motifs is 2. The van der Waals surface area contributed by atoms with Crippen LogP contribution in [0.3, 0.4) is 0 Å². The van der Waals surface area contributed by atoms with Gasteiger partial charge in [-0.15, -0.1) is 0 Å². The zero-order valence-corrected chi connectivity index (χ0v) is 26.3. The van der Waals surface area contributed by atoms with Gasteiger partial charge in [-0.25, -0.2) is 14.1 Å². The summed E-state index contributed by atoms with van der Waals surface area (Å²) in [6.07, 6.45) is -1.77. The molecule has 2 aromatic heterocycles. The monoisotopic (exact) mass is 656 g/mol. The molecule has 2 unspecified atom stereocenters. The first-order valence-corrected chi connectivity index (χ1v) is 16.0. The van der Waals surface area contributed by atoms with Gasteiger partial charge in [-0.2, -0.15) is 15.4 Å². The maximum absolute atomic E-state index is 14.4. The quantitative estimate of drug-likeness (QED) is 0.117. The Balaban J connectivity index is 1.54. The summed E-state index contributed by atoms with van der Waals surface area (Å²) in [4.78, 5) is 41.7. The first-order valence-electron chi connectivity index (χ1n) is 14.4. The standard InChI is InChI=1S/C29H33N6O10P/c1-5-6-14-40-26(38)17(2)34-46(39,44-20-10-8-7-9-11-20)45-27-28(15-30)29(27,42-19(4)37)24(41-18(3)36)23(43-28)21-12-13-22-25(31)32-16-33-35(21)22/h7-13,16-17,23-24,27H,5-6,14H2,1-4H3,(H,34,39)(H2,31,32,33)/t17-,23-,24-,27?,28+,29+,46?/m0/s1. The zero-order chi connectivity index (χ0) is 33.3. The van der Waals surface area contributed by atoms with Crippen LogP contribution in [0, 0.1) is 11.3 Å². The number of nitrogens with two attached hydrogens (primary N) is 1. The largest absolute Gasteiger partial charge is 0.465 e. The fraction of sp³-hybridized carbons (Fsp3) is 0.448. The molecule has 0 amide bonds. The molecule has 46 heavy (non-hydrogen) atoms. The van der Waals surface area contributed by atoms with Crippen molar-refractivity contribution < 1.29 is 46.9 Å². The zero-order valence-electron chi connectivity index (χ0n) is 25.4. The molecule has 5 rings (SSSR count). The molecular weight excluding hydrogens is 623 g/mol. The van der Waals surface area contributed by atoms with Crippen molar-refractivity contribution >= 4 is 37.0 Å². The molecule has 7 atom stereocenters. The van der Waals surface area contributed by atoms with Crippen LogP contribution in [0.15, 0.2) is 48.8 Å². The Hall–Kier alpha value is -4.55. The van der Waals surface area contributed by atoms with Gasteiger partial charge in [0.1, 0.15) is 35.8 Å². The molecule has 0 bridgehead atoms. The van der Waals surface area contributed by atoms with Gasteiger partial charge in [-0.3, -0.25) is 18.9 Å². The third kappa shape index (κ3) is 5.78. The van der Waals surface area contributed by atoms with Gasteiger partial charge < -0.3 is 29.2 Å². The number of carbonyl (C=O) groups excluding carboxylic acids is 3. The molecule has 2 aliphatic rings. The SMILES string of the molecule is CCCCOC(=O)[C@H](C)NP(=O)(Oc1ccccc1)OC1[C@@]2(C#N)O[C@@H](c3ccc4c(N)ncnn34)[C@H](OC(C)=O)[C@@]12OC(C)=O. The number of nitrogens with one attached hydrogen (secondary N) is 1. The van der Waals surface area contributed by atoms with E-state index in [9.17, 15) is 24.2 Å². The maximum atomic E-state index is 14.4. The van der Waals surface area contributed by atoms with Gasteiger partial charge in [-0.1, -0.05) is 31.5 Å². The minimum atomic E-state index is -4.62. The number of aromatic nitrogens is 3. The van der Waals surface area contributed by atoms with E-state index in [1.54, 1.807) is 30.3 Å². The molecule has 3 aromatic rings. The highest BCUT2D eigenvalue weighted by molar-refractivity contribution is 7.52. The summed E-state index contributed by atoms with van der Waals surface area (Å²) in [6.45, 7) is 5.67.